The zero-order chi connectivity index (χ0) is 5.98. The van der Waals surface area contributed by atoms with Crippen molar-refractivity contribution in [1.29, 1.82) is 0 Å². The standard InChI is InChI=1S/C6H12OS/c1-5-4-7-3-2-6(5)8/h5-6,8H,2-4H2,1H3/t5-,6-/m1/s1. The summed E-state index contributed by atoms with van der Waals surface area (Å²) in [5.41, 5.74) is 0. The lowest BCUT2D eigenvalue weighted by atomic mass is 10.0. The molecule has 0 aromatic rings. The molecule has 48 valence electrons. The molecule has 2 heteroatoms. The molecule has 0 aliphatic carbocycles. The molecule has 8 heavy (non-hydrogen) atoms. The lowest BCUT2D eigenvalue weighted by molar-refractivity contribution is 0.0661. The normalized spacial score (nSPS) is 39.8. The summed E-state index contributed by atoms with van der Waals surface area (Å²) in [5.74, 6) is 0.645. The highest BCUT2D eigenvalue weighted by Gasteiger charge is 2.17. The molecule has 1 saturated heterocycles. The SMILES string of the molecule is C[C@@H]1COCC[C@H]1S. The zero-order valence-corrected chi connectivity index (χ0v) is 6.03. The third kappa shape index (κ3) is 1.39. The van der Waals surface area contributed by atoms with Crippen LogP contribution in [0.3, 0.4) is 0 Å². The number of ether oxygens (including phenoxy) is 1. The Morgan fingerprint density at radius 3 is 2.75 bits per heavy atom. The Balaban J connectivity index is 2.28. The lowest BCUT2D eigenvalue weighted by Crippen LogP contribution is -2.25. The van der Waals surface area contributed by atoms with Gasteiger partial charge in [-0.3, -0.25) is 0 Å². The van der Waals surface area contributed by atoms with Crippen LogP contribution in [-0.2, 0) is 4.74 Å². The fourth-order valence-electron chi connectivity index (χ4n) is 0.869. The van der Waals surface area contributed by atoms with Crippen LogP contribution < -0.4 is 0 Å². The fraction of sp³-hybridized carbons (Fsp3) is 1.00. The van der Waals surface area contributed by atoms with Crippen molar-refractivity contribution in [2.75, 3.05) is 13.2 Å². The topological polar surface area (TPSA) is 9.23 Å². The van der Waals surface area contributed by atoms with Crippen LogP contribution >= 0.6 is 12.6 Å². The van der Waals surface area contributed by atoms with E-state index >= 15 is 0 Å². The van der Waals surface area contributed by atoms with E-state index in [2.05, 4.69) is 19.6 Å². The molecule has 1 aliphatic heterocycles. The first-order chi connectivity index (χ1) is 3.80. The van der Waals surface area contributed by atoms with Gasteiger partial charge in [-0.1, -0.05) is 6.92 Å². The molecule has 0 aromatic carbocycles. The van der Waals surface area contributed by atoms with E-state index in [1.165, 1.54) is 0 Å². The number of hydrogen-bond acceptors (Lipinski definition) is 2. The third-order valence-corrected chi connectivity index (χ3v) is 2.36. The van der Waals surface area contributed by atoms with E-state index in [1.54, 1.807) is 0 Å². The molecule has 0 aromatic heterocycles. The Morgan fingerprint density at radius 1 is 1.62 bits per heavy atom. The van der Waals surface area contributed by atoms with Crippen molar-refractivity contribution >= 4 is 12.6 Å². The van der Waals surface area contributed by atoms with Gasteiger partial charge in [0.1, 0.15) is 0 Å². The maximum absolute atomic E-state index is 5.20. The van der Waals surface area contributed by atoms with Gasteiger partial charge in [-0.15, -0.1) is 0 Å². The smallest absolute Gasteiger partial charge is 0.0502 e. The van der Waals surface area contributed by atoms with Gasteiger partial charge in [0, 0.05) is 11.9 Å². The van der Waals surface area contributed by atoms with Crippen LogP contribution in [0, 0.1) is 5.92 Å². The van der Waals surface area contributed by atoms with Gasteiger partial charge >= 0.3 is 0 Å². The second kappa shape index (κ2) is 2.74. The molecule has 1 nitrogen and oxygen atoms in total. The van der Waals surface area contributed by atoms with E-state index in [0.717, 1.165) is 19.6 Å². The minimum Gasteiger partial charge on any atom is -0.381 e. The minimum absolute atomic E-state index is 0.573. The van der Waals surface area contributed by atoms with E-state index in [1.807, 2.05) is 0 Å². The van der Waals surface area contributed by atoms with Crippen molar-refractivity contribution in [3.8, 4) is 0 Å². The second-order valence-electron chi connectivity index (χ2n) is 2.41. The molecular formula is C6H12OS. The van der Waals surface area contributed by atoms with Gasteiger partial charge in [-0.2, -0.15) is 12.6 Å². The van der Waals surface area contributed by atoms with Crippen molar-refractivity contribution in [2.24, 2.45) is 5.92 Å². The van der Waals surface area contributed by atoms with Gasteiger partial charge < -0.3 is 4.74 Å². The number of thiol groups is 1. The quantitative estimate of drug-likeness (QED) is 0.489. The van der Waals surface area contributed by atoms with E-state index in [4.69, 9.17) is 4.74 Å². The summed E-state index contributed by atoms with van der Waals surface area (Å²) in [6, 6.07) is 0. The average molecular weight is 132 g/mol. The zero-order valence-electron chi connectivity index (χ0n) is 5.13. The Morgan fingerprint density at radius 2 is 2.38 bits per heavy atom. The van der Waals surface area contributed by atoms with Crippen LogP contribution in [0.15, 0.2) is 0 Å². The lowest BCUT2D eigenvalue weighted by Gasteiger charge is -2.24. The van der Waals surface area contributed by atoms with Gasteiger partial charge in [-0.05, 0) is 12.3 Å². The van der Waals surface area contributed by atoms with Gasteiger partial charge in [0.15, 0.2) is 0 Å². The monoisotopic (exact) mass is 132 g/mol. The van der Waals surface area contributed by atoms with Crippen LogP contribution in [-0.4, -0.2) is 18.5 Å². The van der Waals surface area contributed by atoms with E-state index in [9.17, 15) is 0 Å². The Kier molecular flexibility index (Phi) is 2.20. The largest absolute Gasteiger partial charge is 0.381 e. The maximum atomic E-state index is 5.20. The molecule has 0 spiro atoms. The Bertz CT molecular complexity index is 64.9. The first-order valence-electron chi connectivity index (χ1n) is 3.06. The summed E-state index contributed by atoms with van der Waals surface area (Å²) in [6.45, 7) is 3.98. The molecule has 0 unspecified atom stereocenters. The van der Waals surface area contributed by atoms with Crippen molar-refractivity contribution < 1.29 is 4.74 Å². The molecule has 1 aliphatic rings. The van der Waals surface area contributed by atoms with Crippen molar-refractivity contribution in [3.05, 3.63) is 0 Å². The molecule has 0 N–H and O–H groups in total. The van der Waals surface area contributed by atoms with Gasteiger partial charge in [0.2, 0.25) is 0 Å². The van der Waals surface area contributed by atoms with E-state index in [0.29, 0.717) is 11.2 Å². The Hall–Kier alpha value is 0.310. The highest BCUT2D eigenvalue weighted by Crippen LogP contribution is 2.18. The summed E-state index contributed by atoms with van der Waals surface area (Å²) in [7, 11) is 0. The molecule has 0 radical (unpaired) electrons. The minimum atomic E-state index is 0.573. The summed E-state index contributed by atoms with van der Waals surface area (Å²) in [6.07, 6.45) is 1.12. The Labute approximate surface area is 55.8 Å². The average Bonchev–Trinajstić information content (AvgIpc) is 1.77. The molecule has 0 saturated carbocycles. The number of rotatable bonds is 0. The van der Waals surface area contributed by atoms with Crippen molar-refractivity contribution in [2.45, 2.75) is 18.6 Å². The first kappa shape index (κ1) is 6.43. The van der Waals surface area contributed by atoms with Crippen LogP contribution in [0.4, 0.5) is 0 Å². The molecule has 0 amide bonds. The summed E-state index contributed by atoms with van der Waals surface area (Å²) >= 11 is 4.38. The molecule has 1 heterocycles. The first-order valence-corrected chi connectivity index (χ1v) is 3.58. The van der Waals surface area contributed by atoms with Crippen molar-refractivity contribution in [3.63, 3.8) is 0 Å². The van der Waals surface area contributed by atoms with Crippen LogP contribution in [0.1, 0.15) is 13.3 Å². The maximum Gasteiger partial charge on any atom is 0.0502 e. The van der Waals surface area contributed by atoms with Crippen LogP contribution in [0.2, 0.25) is 0 Å². The summed E-state index contributed by atoms with van der Waals surface area (Å²) in [5, 5.41) is 0.573. The van der Waals surface area contributed by atoms with Crippen LogP contribution in [0.5, 0.6) is 0 Å². The predicted octanol–water partition coefficient (Wildman–Crippen LogP) is 1.34. The molecular weight excluding hydrogens is 120 g/mol. The molecule has 2 atom stereocenters. The van der Waals surface area contributed by atoms with Gasteiger partial charge in [0.05, 0.1) is 6.61 Å². The molecule has 1 fully saturated rings. The molecule has 0 bridgehead atoms. The number of hydrogen-bond donors (Lipinski definition) is 1. The summed E-state index contributed by atoms with van der Waals surface area (Å²) < 4.78 is 5.20. The second-order valence-corrected chi connectivity index (χ2v) is 3.07. The van der Waals surface area contributed by atoms with Gasteiger partial charge in [-0.25, -0.2) is 0 Å². The summed E-state index contributed by atoms with van der Waals surface area (Å²) in [4.78, 5) is 0. The van der Waals surface area contributed by atoms with E-state index in [-0.39, 0.29) is 0 Å². The fourth-order valence-corrected chi connectivity index (χ4v) is 1.06. The highest BCUT2D eigenvalue weighted by atomic mass is 32.1. The van der Waals surface area contributed by atoms with Gasteiger partial charge in [0.25, 0.3) is 0 Å². The predicted molar refractivity (Wildman–Crippen MR) is 37.4 cm³/mol. The van der Waals surface area contributed by atoms with Crippen LogP contribution in [0.25, 0.3) is 0 Å². The molecule has 1 rings (SSSR count). The highest BCUT2D eigenvalue weighted by molar-refractivity contribution is 7.81. The van der Waals surface area contributed by atoms with E-state index < -0.39 is 0 Å². The van der Waals surface area contributed by atoms with Crippen molar-refractivity contribution in [1.82, 2.24) is 0 Å². The third-order valence-electron chi connectivity index (χ3n) is 1.60.